The van der Waals surface area contributed by atoms with Crippen LogP contribution in [0.2, 0.25) is 5.02 Å². The van der Waals surface area contributed by atoms with Gasteiger partial charge in [0.15, 0.2) is 6.10 Å². The van der Waals surface area contributed by atoms with Gasteiger partial charge in [0.25, 0.3) is 11.5 Å². The van der Waals surface area contributed by atoms with Gasteiger partial charge in [-0.15, -0.1) is 0 Å². The van der Waals surface area contributed by atoms with Crippen molar-refractivity contribution in [3.05, 3.63) is 98.7 Å². The molecule has 0 saturated carbocycles. The number of aromatic nitrogens is 2. The molecule has 0 bridgehead atoms. The van der Waals surface area contributed by atoms with E-state index in [-0.39, 0.29) is 11.5 Å². The van der Waals surface area contributed by atoms with Gasteiger partial charge in [-0.1, -0.05) is 29.8 Å². The fraction of sp³-hybridized carbons (Fsp3) is 0.269. The van der Waals surface area contributed by atoms with E-state index < -0.39 is 6.10 Å². The molecule has 174 valence electrons. The Morgan fingerprint density at radius 3 is 2.94 bits per heavy atom. The Kier molecular flexibility index (Phi) is 6.22. The van der Waals surface area contributed by atoms with Crippen molar-refractivity contribution in [2.24, 2.45) is 0 Å². The molecule has 2 aromatic heterocycles. The number of carbonyl (C=O) groups excluding carboxylic acids is 1. The van der Waals surface area contributed by atoms with E-state index in [0.717, 1.165) is 40.1 Å². The summed E-state index contributed by atoms with van der Waals surface area (Å²) in [7, 11) is 1.61. The second-order valence-electron chi connectivity index (χ2n) is 8.44. The first-order chi connectivity index (χ1) is 16.5. The van der Waals surface area contributed by atoms with Crippen molar-refractivity contribution in [2.75, 3.05) is 31.6 Å². The summed E-state index contributed by atoms with van der Waals surface area (Å²) in [6.45, 7) is 2.10. The monoisotopic (exact) mass is 476 g/mol. The van der Waals surface area contributed by atoms with Crippen LogP contribution in [0.15, 0.2) is 65.7 Å². The summed E-state index contributed by atoms with van der Waals surface area (Å²) in [6.07, 6.45) is 6.01. The molecular formula is C26H25ClN4O3. The number of amides is 1. The van der Waals surface area contributed by atoms with E-state index in [0.29, 0.717) is 31.3 Å². The summed E-state index contributed by atoms with van der Waals surface area (Å²) in [5.41, 5.74) is 5.73. The lowest BCUT2D eigenvalue weighted by Gasteiger charge is -2.33. The fourth-order valence-corrected chi connectivity index (χ4v) is 4.69. The van der Waals surface area contributed by atoms with Crippen LogP contribution >= 0.6 is 11.6 Å². The molecule has 2 aliphatic rings. The van der Waals surface area contributed by atoms with Crippen LogP contribution in [-0.4, -0.2) is 48.3 Å². The maximum absolute atomic E-state index is 12.9. The first-order valence-electron chi connectivity index (χ1n) is 11.2. The Balaban J connectivity index is 1.38. The standard InChI is InChI=1S/C26H25ClN4O3/c1-28-26(33)24-16-30(9-10-34-24)20-13-22-21(5-6-23(22)29-14-20)18-7-8-31(25(32)12-18)15-17-3-2-4-19(27)11-17/h2-5,7-8,11-14,24H,6,9-10,15-16H2,1H3,(H,28,33). The van der Waals surface area contributed by atoms with E-state index >= 15 is 0 Å². The van der Waals surface area contributed by atoms with Gasteiger partial charge >= 0.3 is 0 Å². The van der Waals surface area contributed by atoms with Gasteiger partial charge in [-0.2, -0.15) is 0 Å². The lowest BCUT2D eigenvalue weighted by molar-refractivity contribution is -0.132. The number of likely N-dealkylation sites (N-methyl/N-ethyl adjacent to an activating group) is 1. The third-order valence-corrected chi connectivity index (χ3v) is 6.50. The molecule has 1 amide bonds. The molecule has 3 aromatic rings. The summed E-state index contributed by atoms with van der Waals surface area (Å²) in [6, 6.07) is 13.3. The number of benzene rings is 1. The number of allylic oxidation sites excluding steroid dienone is 1. The van der Waals surface area contributed by atoms with E-state index in [1.165, 1.54) is 0 Å². The van der Waals surface area contributed by atoms with Crippen LogP contribution in [0.25, 0.3) is 5.57 Å². The lowest BCUT2D eigenvalue weighted by atomic mass is 10.0. The van der Waals surface area contributed by atoms with Crippen molar-refractivity contribution < 1.29 is 9.53 Å². The average molecular weight is 477 g/mol. The third kappa shape index (κ3) is 4.49. The third-order valence-electron chi connectivity index (χ3n) is 6.26. The molecule has 0 spiro atoms. The normalized spacial score (nSPS) is 17.3. The molecule has 1 atom stereocenters. The number of morpholine rings is 1. The molecule has 1 unspecified atom stereocenters. The van der Waals surface area contributed by atoms with E-state index in [4.69, 9.17) is 16.3 Å². The molecule has 1 N–H and O–H groups in total. The summed E-state index contributed by atoms with van der Waals surface area (Å²) < 4.78 is 7.28. The van der Waals surface area contributed by atoms with Crippen molar-refractivity contribution in [2.45, 2.75) is 19.1 Å². The topological polar surface area (TPSA) is 76.5 Å². The van der Waals surface area contributed by atoms with E-state index in [1.54, 1.807) is 17.7 Å². The minimum atomic E-state index is -0.505. The van der Waals surface area contributed by atoms with Crippen LogP contribution in [0, 0.1) is 0 Å². The molecular weight excluding hydrogens is 452 g/mol. The van der Waals surface area contributed by atoms with Gasteiger partial charge in [-0.05, 0) is 41.0 Å². The molecule has 1 aliphatic carbocycles. The molecule has 3 heterocycles. The molecule has 34 heavy (non-hydrogen) atoms. The number of rotatable bonds is 5. The number of anilines is 1. The zero-order valence-corrected chi connectivity index (χ0v) is 19.6. The molecule has 0 radical (unpaired) electrons. The second kappa shape index (κ2) is 9.44. The minimum Gasteiger partial charge on any atom is -0.365 e. The zero-order chi connectivity index (χ0) is 23.7. The lowest BCUT2D eigenvalue weighted by Crippen LogP contribution is -2.49. The SMILES string of the molecule is CNC(=O)C1CN(c2cnc3c(c2)C(c2ccn(Cc4cccc(Cl)c4)c(=O)c2)=CC3)CCO1. The number of hydrogen-bond donors (Lipinski definition) is 1. The van der Waals surface area contributed by atoms with E-state index in [9.17, 15) is 9.59 Å². The van der Waals surface area contributed by atoms with E-state index in [1.807, 2.05) is 42.7 Å². The number of nitrogens with one attached hydrogen (secondary N) is 1. The Hall–Kier alpha value is -3.42. The van der Waals surface area contributed by atoms with Crippen LogP contribution in [0.5, 0.6) is 0 Å². The van der Waals surface area contributed by atoms with Crippen molar-refractivity contribution in [1.82, 2.24) is 14.9 Å². The van der Waals surface area contributed by atoms with Crippen LogP contribution < -0.4 is 15.8 Å². The zero-order valence-electron chi connectivity index (χ0n) is 18.8. The Morgan fingerprint density at radius 2 is 2.15 bits per heavy atom. The van der Waals surface area contributed by atoms with Gasteiger partial charge in [-0.3, -0.25) is 14.6 Å². The largest absolute Gasteiger partial charge is 0.365 e. The predicted molar refractivity (Wildman–Crippen MR) is 132 cm³/mol. The first kappa shape index (κ1) is 22.4. The first-order valence-corrected chi connectivity index (χ1v) is 11.6. The number of carbonyl (C=O) groups is 1. The molecule has 5 rings (SSSR count). The Morgan fingerprint density at radius 1 is 1.26 bits per heavy atom. The van der Waals surface area contributed by atoms with Gasteiger partial charge in [-0.25, -0.2) is 0 Å². The van der Waals surface area contributed by atoms with Gasteiger partial charge in [0, 0.05) is 42.9 Å². The highest BCUT2D eigenvalue weighted by Gasteiger charge is 2.27. The van der Waals surface area contributed by atoms with Crippen molar-refractivity contribution >= 4 is 28.8 Å². The number of nitrogens with zero attached hydrogens (tertiary/aromatic N) is 3. The quantitative estimate of drug-likeness (QED) is 0.612. The molecule has 7 nitrogen and oxygen atoms in total. The minimum absolute atomic E-state index is 0.0717. The van der Waals surface area contributed by atoms with Crippen LogP contribution in [-0.2, 0) is 22.5 Å². The number of halogens is 1. The average Bonchev–Trinajstić information content (AvgIpc) is 3.28. The van der Waals surface area contributed by atoms with Crippen LogP contribution in [0.1, 0.15) is 22.4 Å². The van der Waals surface area contributed by atoms with Crippen molar-refractivity contribution in [1.29, 1.82) is 0 Å². The highest BCUT2D eigenvalue weighted by Crippen LogP contribution is 2.34. The molecule has 8 heteroatoms. The predicted octanol–water partition coefficient (Wildman–Crippen LogP) is 2.88. The molecule has 1 fully saturated rings. The maximum Gasteiger partial charge on any atom is 0.251 e. The Labute approximate surface area is 202 Å². The van der Waals surface area contributed by atoms with Gasteiger partial charge in [0.1, 0.15) is 0 Å². The maximum atomic E-state index is 12.9. The van der Waals surface area contributed by atoms with E-state index in [2.05, 4.69) is 27.3 Å². The number of hydrogen-bond acceptors (Lipinski definition) is 5. The summed E-state index contributed by atoms with van der Waals surface area (Å²) in [5, 5.41) is 3.30. The second-order valence-corrected chi connectivity index (χ2v) is 8.88. The fourth-order valence-electron chi connectivity index (χ4n) is 4.47. The van der Waals surface area contributed by atoms with Crippen molar-refractivity contribution in [3.63, 3.8) is 0 Å². The molecule has 1 saturated heterocycles. The smallest absolute Gasteiger partial charge is 0.251 e. The summed E-state index contributed by atoms with van der Waals surface area (Å²) in [5.74, 6) is -0.127. The molecule has 1 aromatic carbocycles. The highest BCUT2D eigenvalue weighted by molar-refractivity contribution is 6.30. The summed E-state index contributed by atoms with van der Waals surface area (Å²) >= 11 is 6.08. The van der Waals surface area contributed by atoms with Gasteiger partial charge in [0.05, 0.1) is 37.3 Å². The summed E-state index contributed by atoms with van der Waals surface area (Å²) in [4.78, 5) is 31.7. The Bertz CT molecular complexity index is 1330. The van der Waals surface area contributed by atoms with Gasteiger partial charge < -0.3 is 19.5 Å². The van der Waals surface area contributed by atoms with Gasteiger partial charge in [0.2, 0.25) is 0 Å². The van der Waals surface area contributed by atoms with Crippen LogP contribution in [0.3, 0.4) is 0 Å². The molecule has 1 aliphatic heterocycles. The van der Waals surface area contributed by atoms with Crippen molar-refractivity contribution in [3.8, 4) is 0 Å². The number of pyridine rings is 2. The number of fused-ring (bicyclic) bond motifs is 1. The highest BCUT2D eigenvalue weighted by atomic mass is 35.5. The number of ether oxygens (including phenoxy) is 1. The van der Waals surface area contributed by atoms with Crippen LogP contribution in [0.4, 0.5) is 5.69 Å².